The first kappa shape index (κ1) is 14.2. The predicted molar refractivity (Wildman–Crippen MR) is 81.2 cm³/mol. The Balaban J connectivity index is 1.88. The van der Waals surface area contributed by atoms with Crippen molar-refractivity contribution in [2.24, 2.45) is 0 Å². The molecule has 4 rings (SSSR count). The number of allylic oxidation sites excluding steroid dienone is 2. The van der Waals surface area contributed by atoms with Crippen molar-refractivity contribution >= 4 is 17.5 Å². The molecule has 0 spiro atoms. The molecule has 120 valence electrons. The lowest BCUT2D eigenvalue weighted by Crippen LogP contribution is -2.26. The van der Waals surface area contributed by atoms with Gasteiger partial charge in [0.1, 0.15) is 11.8 Å². The van der Waals surface area contributed by atoms with E-state index in [9.17, 15) is 14.4 Å². The van der Waals surface area contributed by atoms with E-state index in [4.69, 9.17) is 4.74 Å². The number of rotatable bonds is 2. The van der Waals surface area contributed by atoms with Gasteiger partial charge < -0.3 is 14.2 Å². The van der Waals surface area contributed by atoms with Gasteiger partial charge in [0.05, 0.1) is 17.0 Å². The van der Waals surface area contributed by atoms with E-state index in [1.54, 1.807) is 6.92 Å². The van der Waals surface area contributed by atoms with E-state index < -0.39 is 0 Å². The largest absolute Gasteiger partial charge is 0.456 e. The number of Topliss-reactive ketones (excluding diaryl/α,β-unsaturated/α-hetero) is 2. The zero-order valence-corrected chi connectivity index (χ0v) is 13.4. The second kappa shape index (κ2) is 4.57. The van der Waals surface area contributed by atoms with Crippen LogP contribution < -0.4 is 0 Å². The molecule has 6 heteroatoms. The number of aromatic nitrogens is 1. The first-order chi connectivity index (χ1) is 10.9. The lowest BCUT2D eigenvalue weighted by molar-refractivity contribution is -0.146. The van der Waals surface area contributed by atoms with Gasteiger partial charge in [0.25, 0.3) is 0 Å². The normalized spacial score (nSPS) is 22.4. The summed E-state index contributed by atoms with van der Waals surface area (Å²) in [6.07, 6.45) is 0.274. The summed E-state index contributed by atoms with van der Waals surface area (Å²) in [4.78, 5) is 39.0. The molecule has 0 aromatic carbocycles. The van der Waals surface area contributed by atoms with Crippen molar-refractivity contribution in [1.29, 1.82) is 0 Å². The molecule has 1 aliphatic carbocycles. The monoisotopic (exact) mass is 314 g/mol. The average Bonchev–Trinajstić information content (AvgIpc) is 3.15. The van der Waals surface area contributed by atoms with Gasteiger partial charge in [-0.25, -0.2) is 0 Å². The van der Waals surface area contributed by atoms with E-state index in [-0.39, 0.29) is 23.6 Å². The van der Waals surface area contributed by atoms with Gasteiger partial charge in [0.2, 0.25) is 11.6 Å². The standard InChI is InChI=1S/C17H18N2O4/c1-8-12-15(19-5-4-11(13(8)19)23-10(3)20)16(21)9(2)14(17(12)22)18-6-7-18/h11H,4-7H2,1-3H3/t11-/m0/s1. The molecule has 1 atom stereocenters. The number of ether oxygens (including phenoxy) is 1. The van der Waals surface area contributed by atoms with Gasteiger partial charge in [0.15, 0.2) is 0 Å². The molecule has 6 nitrogen and oxygen atoms in total. The third-order valence-electron chi connectivity index (χ3n) is 4.90. The summed E-state index contributed by atoms with van der Waals surface area (Å²) < 4.78 is 7.25. The highest BCUT2D eigenvalue weighted by molar-refractivity contribution is 6.27. The second-order valence-electron chi connectivity index (χ2n) is 6.39. The van der Waals surface area contributed by atoms with Crippen LogP contribution in [-0.2, 0) is 16.1 Å². The summed E-state index contributed by atoms with van der Waals surface area (Å²) in [7, 11) is 0. The third kappa shape index (κ3) is 1.84. The zero-order chi connectivity index (χ0) is 16.5. The van der Waals surface area contributed by atoms with Gasteiger partial charge in [-0.05, 0) is 19.4 Å². The Labute approximate surface area is 133 Å². The molecule has 1 saturated heterocycles. The molecule has 0 radical (unpaired) electrons. The fraction of sp³-hybridized carbons (Fsp3) is 0.471. The summed E-state index contributed by atoms with van der Waals surface area (Å²) in [5, 5.41) is 0. The maximum Gasteiger partial charge on any atom is 0.303 e. The van der Waals surface area contributed by atoms with Crippen LogP contribution in [0.2, 0.25) is 0 Å². The van der Waals surface area contributed by atoms with Gasteiger partial charge in [-0.15, -0.1) is 0 Å². The minimum atomic E-state index is -0.372. The Hall–Kier alpha value is -2.37. The maximum absolute atomic E-state index is 12.9. The first-order valence-electron chi connectivity index (χ1n) is 7.87. The number of hydrogen-bond acceptors (Lipinski definition) is 5. The molecule has 1 fully saturated rings. The molecule has 0 amide bonds. The van der Waals surface area contributed by atoms with Crippen LogP contribution in [0.4, 0.5) is 0 Å². The predicted octanol–water partition coefficient (Wildman–Crippen LogP) is 1.77. The lowest BCUT2D eigenvalue weighted by atomic mass is 9.90. The van der Waals surface area contributed by atoms with Crippen LogP contribution in [0.25, 0.3) is 0 Å². The molecule has 0 saturated carbocycles. The molecular formula is C17H18N2O4. The van der Waals surface area contributed by atoms with Crippen LogP contribution in [0.1, 0.15) is 58.5 Å². The van der Waals surface area contributed by atoms with Crippen LogP contribution in [0.3, 0.4) is 0 Å². The number of fused-ring (bicyclic) bond motifs is 3. The SMILES string of the molecule is CC(=O)O[C@H]1CCn2c3c(c(C)c21)C(=O)C(N1CC1)=C(C)C3=O. The average molecular weight is 314 g/mol. The molecule has 0 bridgehead atoms. The van der Waals surface area contributed by atoms with Crippen LogP contribution >= 0.6 is 0 Å². The Morgan fingerprint density at radius 3 is 2.43 bits per heavy atom. The van der Waals surface area contributed by atoms with E-state index in [0.29, 0.717) is 35.5 Å². The Bertz CT molecular complexity index is 811. The molecule has 0 N–H and O–H groups in total. The van der Waals surface area contributed by atoms with Gasteiger partial charge in [-0.2, -0.15) is 0 Å². The number of nitrogens with zero attached hydrogens (tertiary/aromatic N) is 2. The zero-order valence-electron chi connectivity index (χ0n) is 13.4. The molecule has 3 heterocycles. The molecule has 1 aromatic heterocycles. The summed E-state index contributed by atoms with van der Waals surface area (Å²) in [5.41, 5.74) is 3.60. The minimum absolute atomic E-state index is 0.0735. The highest BCUT2D eigenvalue weighted by Crippen LogP contribution is 2.42. The number of ketones is 2. The topological polar surface area (TPSA) is 68.4 Å². The Kier molecular flexibility index (Phi) is 2.83. The molecule has 23 heavy (non-hydrogen) atoms. The number of esters is 1. The third-order valence-corrected chi connectivity index (χ3v) is 4.90. The van der Waals surface area contributed by atoms with Crippen molar-refractivity contribution in [3.8, 4) is 0 Å². The van der Waals surface area contributed by atoms with E-state index in [1.165, 1.54) is 6.92 Å². The Morgan fingerprint density at radius 2 is 1.83 bits per heavy atom. The van der Waals surface area contributed by atoms with Gasteiger partial charge >= 0.3 is 5.97 Å². The fourth-order valence-corrected chi connectivity index (χ4v) is 3.85. The van der Waals surface area contributed by atoms with Gasteiger partial charge in [0, 0.05) is 38.6 Å². The fourth-order valence-electron chi connectivity index (χ4n) is 3.85. The van der Waals surface area contributed by atoms with E-state index >= 15 is 0 Å². The number of carbonyl (C=O) groups excluding carboxylic acids is 3. The Morgan fingerprint density at radius 1 is 1.13 bits per heavy atom. The lowest BCUT2D eigenvalue weighted by Gasteiger charge is -2.19. The number of hydrogen-bond donors (Lipinski definition) is 0. The van der Waals surface area contributed by atoms with Crippen LogP contribution in [0.15, 0.2) is 11.3 Å². The summed E-state index contributed by atoms with van der Waals surface area (Å²) in [6.45, 7) is 7.19. The molecular weight excluding hydrogens is 296 g/mol. The van der Waals surface area contributed by atoms with Crippen LogP contribution in [0.5, 0.6) is 0 Å². The van der Waals surface area contributed by atoms with Crippen LogP contribution in [-0.4, -0.2) is 40.1 Å². The van der Waals surface area contributed by atoms with Crippen molar-refractivity contribution < 1.29 is 19.1 Å². The molecule has 3 aliphatic rings. The van der Waals surface area contributed by atoms with Gasteiger partial charge in [-0.3, -0.25) is 14.4 Å². The molecule has 1 aromatic rings. The van der Waals surface area contributed by atoms with Crippen molar-refractivity contribution in [1.82, 2.24) is 9.47 Å². The molecule has 0 unspecified atom stereocenters. The van der Waals surface area contributed by atoms with E-state index in [0.717, 1.165) is 24.3 Å². The number of carbonyl (C=O) groups is 3. The van der Waals surface area contributed by atoms with Crippen molar-refractivity contribution in [3.63, 3.8) is 0 Å². The second-order valence-corrected chi connectivity index (χ2v) is 6.39. The van der Waals surface area contributed by atoms with Crippen molar-refractivity contribution in [2.75, 3.05) is 13.1 Å². The smallest absolute Gasteiger partial charge is 0.303 e. The van der Waals surface area contributed by atoms with Crippen molar-refractivity contribution in [2.45, 2.75) is 39.8 Å². The highest BCUT2D eigenvalue weighted by Gasteiger charge is 2.43. The van der Waals surface area contributed by atoms with Crippen LogP contribution in [0, 0.1) is 6.92 Å². The summed E-state index contributed by atoms with van der Waals surface area (Å²) in [6, 6.07) is 0. The summed E-state index contributed by atoms with van der Waals surface area (Å²) in [5.74, 6) is -0.506. The maximum atomic E-state index is 12.9. The van der Waals surface area contributed by atoms with Gasteiger partial charge in [-0.1, -0.05) is 0 Å². The first-order valence-corrected chi connectivity index (χ1v) is 7.87. The quantitative estimate of drug-likeness (QED) is 0.615. The van der Waals surface area contributed by atoms with E-state index in [1.807, 2.05) is 16.4 Å². The van der Waals surface area contributed by atoms with Crippen molar-refractivity contribution in [3.05, 3.63) is 33.8 Å². The highest BCUT2D eigenvalue weighted by atomic mass is 16.5. The minimum Gasteiger partial charge on any atom is -0.456 e. The van der Waals surface area contributed by atoms with E-state index in [2.05, 4.69) is 0 Å². The molecule has 2 aliphatic heterocycles. The summed E-state index contributed by atoms with van der Waals surface area (Å²) >= 11 is 0.